The lowest BCUT2D eigenvalue weighted by Crippen LogP contribution is -2.32. The molecule has 0 saturated carbocycles. The first kappa shape index (κ1) is 19.0. The first-order chi connectivity index (χ1) is 11.7. The number of carbonyl (C=O) groups is 1. The molecule has 6 nitrogen and oxygen atoms in total. The molecule has 0 fully saturated rings. The molecule has 3 rings (SSSR count). The zero-order chi connectivity index (χ0) is 16.9. The number of amides is 1. The van der Waals surface area contributed by atoms with E-state index in [1.165, 1.54) is 5.56 Å². The van der Waals surface area contributed by atoms with Crippen LogP contribution in [0, 0.1) is 0 Å². The number of methoxy groups -OCH3 is 1. The Kier molecular flexibility index (Phi) is 6.63. The summed E-state index contributed by atoms with van der Waals surface area (Å²) >= 11 is 0. The third-order valence-corrected chi connectivity index (χ3v) is 3.92. The van der Waals surface area contributed by atoms with Crippen molar-refractivity contribution in [3.63, 3.8) is 0 Å². The molecule has 25 heavy (non-hydrogen) atoms. The molecule has 0 radical (unpaired) electrons. The Morgan fingerprint density at radius 3 is 2.88 bits per heavy atom. The molecule has 2 aromatic carbocycles. The van der Waals surface area contributed by atoms with E-state index < -0.39 is 0 Å². The number of hydrogen-bond donors (Lipinski definition) is 2. The Bertz CT molecular complexity index is 779. The first-order valence-corrected chi connectivity index (χ1v) is 7.76. The van der Waals surface area contributed by atoms with Gasteiger partial charge in [0, 0.05) is 24.0 Å². The number of aliphatic imine (C=N–C) groups is 1. The van der Waals surface area contributed by atoms with Crippen molar-refractivity contribution in [1.82, 2.24) is 0 Å². The predicted molar refractivity (Wildman–Crippen MR) is 111 cm³/mol. The molecule has 1 amide bonds. The maximum atomic E-state index is 12.4. The quantitative estimate of drug-likeness (QED) is 0.425. The highest BCUT2D eigenvalue weighted by Gasteiger charge is 2.23. The van der Waals surface area contributed by atoms with Crippen LogP contribution in [0.15, 0.2) is 53.5 Å². The maximum Gasteiger partial charge on any atom is 0.248 e. The molecule has 7 heteroatoms. The summed E-state index contributed by atoms with van der Waals surface area (Å²) in [5.41, 5.74) is 8.79. The molecule has 0 aromatic heterocycles. The zero-order valence-corrected chi connectivity index (χ0v) is 16.3. The highest BCUT2D eigenvalue weighted by molar-refractivity contribution is 14.0. The Morgan fingerprint density at radius 2 is 2.08 bits per heavy atom. The van der Waals surface area contributed by atoms with E-state index in [1.54, 1.807) is 18.1 Å². The van der Waals surface area contributed by atoms with Gasteiger partial charge < -0.3 is 20.7 Å². The third-order valence-electron chi connectivity index (χ3n) is 3.92. The first-order valence-electron chi connectivity index (χ1n) is 7.76. The second-order valence-corrected chi connectivity index (χ2v) is 5.48. The second kappa shape index (κ2) is 8.70. The van der Waals surface area contributed by atoms with Crippen LogP contribution in [-0.4, -0.2) is 32.1 Å². The van der Waals surface area contributed by atoms with Crippen LogP contribution in [0.25, 0.3) is 0 Å². The zero-order valence-electron chi connectivity index (χ0n) is 13.9. The fourth-order valence-corrected chi connectivity index (χ4v) is 2.72. The van der Waals surface area contributed by atoms with Crippen molar-refractivity contribution < 1.29 is 9.53 Å². The number of rotatable bonds is 4. The van der Waals surface area contributed by atoms with Gasteiger partial charge in [-0.25, -0.2) is 4.99 Å². The topological polar surface area (TPSA) is 80.0 Å². The summed E-state index contributed by atoms with van der Waals surface area (Å²) in [4.78, 5) is 18.3. The average molecular weight is 452 g/mol. The molecule has 0 spiro atoms. The molecule has 3 N–H and O–H groups in total. The number of nitrogens with two attached hydrogens (primary N) is 1. The highest BCUT2D eigenvalue weighted by atomic mass is 127. The van der Waals surface area contributed by atoms with Crippen LogP contribution in [0.1, 0.15) is 5.56 Å². The Balaban J connectivity index is 0.00000225. The minimum Gasteiger partial charge on any atom is -0.497 e. The number of halogens is 1. The van der Waals surface area contributed by atoms with E-state index in [4.69, 9.17) is 10.5 Å². The number of anilines is 2. The van der Waals surface area contributed by atoms with E-state index in [9.17, 15) is 4.79 Å². The lowest BCUT2D eigenvalue weighted by atomic mass is 10.2. The largest absolute Gasteiger partial charge is 0.497 e. The average Bonchev–Trinajstić information content (AvgIpc) is 3.04. The highest BCUT2D eigenvalue weighted by Crippen LogP contribution is 2.27. The lowest BCUT2D eigenvalue weighted by Gasteiger charge is -2.16. The van der Waals surface area contributed by atoms with Gasteiger partial charge in [-0.1, -0.05) is 24.3 Å². The van der Waals surface area contributed by atoms with Gasteiger partial charge in [0.05, 0.1) is 7.11 Å². The molecule has 0 saturated heterocycles. The predicted octanol–water partition coefficient (Wildman–Crippen LogP) is 2.63. The summed E-state index contributed by atoms with van der Waals surface area (Å²) in [6, 6.07) is 15.3. The molecule has 0 aliphatic carbocycles. The van der Waals surface area contributed by atoms with Crippen LogP contribution in [-0.2, 0) is 11.2 Å². The van der Waals surface area contributed by atoms with E-state index in [1.807, 2.05) is 42.5 Å². The number of para-hydroxylation sites is 1. The van der Waals surface area contributed by atoms with Gasteiger partial charge in [0.15, 0.2) is 5.96 Å². The van der Waals surface area contributed by atoms with Crippen LogP contribution in [0.3, 0.4) is 0 Å². The van der Waals surface area contributed by atoms with Gasteiger partial charge in [0.2, 0.25) is 5.91 Å². The molecule has 0 bridgehead atoms. The minimum atomic E-state index is -0.0599. The number of guanidine groups is 1. The van der Waals surface area contributed by atoms with Gasteiger partial charge in [-0.3, -0.25) is 4.79 Å². The summed E-state index contributed by atoms with van der Waals surface area (Å²) in [5, 5.41) is 2.96. The van der Waals surface area contributed by atoms with Gasteiger partial charge in [0.25, 0.3) is 0 Å². The van der Waals surface area contributed by atoms with E-state index in [2.05, 4.69) is 10.3 Å². The maximum absolute atomic E-state index is 12.4. The van der Waals surface area contributed by atoms with Gasteiger partial charge >= 0.3 is 0 Å². The number of ether oxygens (including phenoxy) is 1. The molecule has 0 unspecified atom stereocenters. The fraction of sp³-hybridized carbons (Fsp3) is 0.222. The van der Waals surface area contributed by atoms with Crippen molar-refractivity contribution >= 4 is 47.2 Å². The standard InChI is InChI=1S/C18H20N4O2.HI/c1-24-15-7-4-6-14(11-15)21-18(19)20-12-17(23)22-10-9-13-5-2-3-8-16(13)22;/h2-8,11H,9-10,12H2,1H3,(H3,19,20,21);1H. The van der Waals surface area contributed by atoms with Gasteiger partial charge in [-0.15, -0.1) is 24.0 Å². The van der Waals surface area contributed by atoms with Crippen molar-refractivity contribution in [1.29, 1.82) is 0 Å². The molecule has 1 aliphatic heterocycles. The van der Waals surface area contributed by atoms with Crippen LogP contribution >= 0.6 is 24.0 Å². The summed E-state index contributed by atoms with van der Waals surface area (Å²) in [6.45, 7) is 0.702. The van der Waals surface area contributed by atoms with Crippen molar-refractivity contribution in [2.75, 3.05) is 30.4 Å². The summed E-state index contributed by atoms with van der Waals surface area (Å²) in [6.07, 6.45) is 0.878. The van der Waals surface area contributed by atoms with E-state index in [0.717, 1.165) is 23.5 Å². The van der Waals surface area contributed by atoms with Gasteiger partial charge in [0.1, 0.15) is 12.3 Å². The molecule has 1 heterocycles. The molecule has 1 aliphatic rings. The fourth-order valence-electron chi connectivity index (χ4n) is 2.72. The number of hydrogen-bond acceptors (Lipinski definition) is 3. The van der Waals surface area contributed by atoms with Crippen LogP contribution in [0.2, 0.25) is 0 Å². The molecule has 2 aromatic rings. The minimum absolute atomic E-state index is 0. The SMILES string of the molecule is COc1cccc(NC(N)=NCC(=O)N2CCc3ccccc32)c1.I. The normalized spacial score (nSPS) is 13.0. The molecular weight excluding hydrogens is 431 g/mol. The smallest absolute Gasteiger partial charge is 0.248 e. The van der Waals surface area contributed by atoms with E-state index in [-0.39, 0.29) is 42.4 Å². The van der Waals surface area contributed by atoms with Crippen LogP contribution in [0.5, 0.6) is 5.75 Å². The molecule has 0 atom stereocenters. The number of nitrogens with zero attached hydrogens (tertiary/aromatic N) is 2. The monoisotopic (exact) mass is 452 g/mol. The van der Waals surface area contributed by atoms with E-state index in [0.29, 0.717) is 6.54 Å². The van der Waals surface area contributed by atoms with Crippen LogP contribution < -0.4 is 20.7 Å². The molecule has 132 valence electrons. The number of carbonyl (C=O) groups excluding carboxylic acids is 1. The molecular formula is C18H21IN4O2. The van der Waals surface area contributed by atoms with Gasteiger partial charge in [-0.2, -0.15) is 0 Å². The van der Waals surface area contributed by atoms with E-state index >= 15 is 0 Å². The van der Waals surface area contributed by atoms with Crippen LogP contribution in [0.4, 0.5) is 11.4 Å². The third kappa shape index (κ3) is 4.62. The van der Waals surface area contributed by atoms with Crippen molar-refractivity contribution in [2.45, 2.75) is 6.42 Å². The number of fused-ring (bicyclic) bond motifs is 1. The van der Waals surface area contributed by atoms with Crippen molar-refractivity contribution in [3.8, 4) is 5.75 Å². The lowest BCUT2D eigenvalue weighted by molar-refractivity contribution is -0.117. The summed E-state index contributed by atoms with van der Waals surface area (Å²) in [7, 11) is 1.60. The Morgan fingerprint density at radius 1 is 1.28 bits per heavy atom. The Labute approximate surface area is 164 Å². The summed E-state index contributed by atoms with van der Waals surface area (Å²) < 4.78 is 5.15. The van der Waals surface area contributed by atoms with Gasteiger partial charge in [-0.05, 0) is 30.2 Å². The summed E-state index contributed by atoms with van der Waals surface area (Å²) in [5.74, 6) is 0.858. The van der Waals surface area contributed by atoms with Crippen molar-refractivity contribution in [3.05, 3.63) is 54.1 Å². The second-order valence-electron chi connectivity index (χ2n) is 5.48. The Hall–Kier alpha value is -2.29. The van der Waals surface area contributed by atoms with Crippen molar-refractivity contribution in [2.24, 2.45) is 10.7 Å². The number of nitrogens with one attached hydrogen (secondary N) is 1. The number of benzene rings is 2.